The van der Waals surface area contributed by atoms with Crippen LogP contribution in [0.1, 0.15) is 50.5 Å². The Labute approximate surface area is 140 Å². The predicted octanol–water partition coefficient (Wildman–Crippen LogP) is 5.10. The smallest absolute Gasteiger partial charge is 0.401 e. The van der Waals surface area contributed by atoms with Crippen LogP contribution in [0, 0.1) is 0 Å². The van der Waals surface area contributed by atoms with Crippen LogP contribution in [0.5, 0.6) is 0 Å². The van der Waals surface area contributed by atoms with E-state index in [-0.39, 0.29) is 0 Å². The topological polar surface area (TPSA) is 27.7 Å². The molecule has 0 aromatic heterocycles. The monoisotopic (exact) mass is 332 g/mol. The Morgan fingerprint density at radius 1 is 1.09 bits per heavy atom. The molecule has 1 aromatic carbocycles. The third-order valence-electron chi connectivity index (χ3n) is 5.14. The summed E-state index contributed by atoms with van der Waals surface area (Å²) in [5.41, 5.74) is 1.42. The average Bonchev–Trinajstić information content (AvgIpc) is 2.58. The van der Waals surface area contributed by atoms with Gasteiger partial charge in [0, 0.05) is 18.0 Å². The SMILES string of the molecule is C/C=C(\OC)O[Si]1(O[C@@H]2CCCC[C@H]2c2ccccc2)CCC1. The second-order valence-electron chi connectivity index (χ2n) is 6.64. The number of ether oxygens (including phenoxy) is 1. The second kappa shape index (κ2) is 7.54. The lowest BCUT2D eigenvalue weighted by atomic mass is 9.82. The maximum atomic E-state index is 6.71. The van der Waals surface area contributed by atoms with Crippen molar-refractivity contribution in [3.63, 3.8) is 0 Å². The highest BCUT2D eigenvalue weighted by Gasteiger charge is 2.50. The van der Waals surface area contributed by atoms with Gasteiger partial charge in [-0.3, -0.25) is 0 Å². The first-order chi connectivity index (χ1) is 11.3. The highest BCUT2D eigenvalue weighted by atomic mass is 28.4. The molecule has 1 aliphatic carbocycles. The molecule has 1 saturated carbocycles. The molecule has 3 rings (SSSR count). The first-order valence-corrected chi connectivity index (χ1v) is 11.1. The summed E-state index contributed by atoms with van der Waals surface area (Å²) in [7, 11) is -0.433. The number of hydrogen-bond donors (Lipinski definition) is 0. The van der Waals surface area contributed by atoms with Crippen LogP contribution in [0.25, 0.3) is 0 Å². The summed E-state index contributed by atoms with van der Waals surface area (Å²) in [6, 6.07) is 13.0. The molecule has 0 spiro atoms. The number of allylic oxidation sites excluding steroid dienone is 1. The van der Waals surface area contributed by atoms with Gasteiger partial charge in [0.15, 0.2) is 0 Å². The van der Waals surface area contributed by atoms with Crippen LogP contribution in [0.15, 0.2) is 42.4 Å². The van der Waals surface area contributed by atoms with Crippen LogP contribution in [-0.4, -0.2) is 21.8 Å². The Kier molecular flexibility index (Phi) is 5.44. The van der Waals surface area contributed by atoms with Gasteiger partial charge in [-0.15, -0.1) is 0 Å². The highest BCUT2D eigenvalue weighted by Crippen LogP contribution is 2.42. The molecule has 23 heavy (non-hydrogen) atoms. The van der Waals surface area contributed by atoms with E-state index < -0.39 is 8.56 Å². The molecule has 0 amide bonds. The fourth-order valence-electron chi connectivity index (χ4n) is 3.71. The number of methoxy groups -OCH3 is 1. The van der Waals surface area contributed by atoms with Crippen molar-refractivity contribution in [3.8, 4) is 0 Å². The lowest BCUT2D eigenvalue weighted by molar-refractivity contribution is 0.0446. The molecule has 0 radical (unpaired) electrons. The minimum atomic E-state index is -2.10. The van der Waals surface area contributed by atoms with Crippen molar-refractivity contribution in [2.24, 2.45) is 0 Å². The molecule has 1 saturated heterocycles. The fraction of sp³-hybridized carbons (Fsp3) is 0.579. The number of hydrogen-bond acceptors (Lipinski definition) is 3. The normalized spacial score (nSPS) is 27.1. The summed E-state index contributed by atoms with van der Waals surface area (Å²) >= 11 is 0. The van der Waals surface area contributed by atoms with Crippen molar-refractivity contribution in [1.29, 1.82) is 0 Å². The van der Waals surface area contributed by atoms with Crippen LogP contribution in [0.4, 0.5) is 0 Å². The van der Waals surface area contributed by atoms with E-state index >= 15 is 0 Å². The van der Waals surface area contributed by atoms with E-state index in [1.54, 1.807) is 7.11 Å². The molecule has 0 unspecified atom stereocenters. The van der Waals surface area contributed by atoms with Crippen molar-refractivity contribution in [1.82, 2.24) is 0 Å². The van der Waals surface area contributed by atoms with E-state index in [1.165, 1.54) is 31.2 Å². The zero-order chi connectivity index (χ0) is 16.1. The van der Waals surface area contributed by atoms with Gasteiger partial charge in [-0.05, 0) is 37.8 Å². The Morgan fingerprint density at radius 2 is 1.83 bits per heavy atom. The second-order valence-corrected chi connectivity index (χ2v) is 9.90. The molecular formula is C19H28O3Si. The van der Waals surface area contributed by atoms with Gasteiger partial charge in [0.05, 0.1) is 13.2 Å². The maximum Gasteiger partial charge on any atom is 0.401 e. The number of benzene rings is 1. The zero-order valence-electron chi connectivity index (χ0n) is 14.3. The Balaban J connectivity index is 1.73. The molecule has 3 nitrogen and oxygen atoms in total. The number of rotatable bonds is 6. The van der Waals surface area contributed by atoms with Crippen LogP contribution < -0.4 is 0 Å². The van der Waals surface area contributed by atoms with Crippen LogP contribution in [0.2, 0.25) is 12.1 Å². The molecule has 4 heteroatoms. The summed E-state index contributed by atoms with van der Waals surface area (Å²) in [5, 5.41) is 0. The van der Waals surface area contributed by atoms with Crippen LogP contribution >= 0.6 is 0 Å². The van der Waals surface area contributed by atoms with Gasteiger partial charge in [-0.2, -0.15) is 0 Å². The Hall–Kier alpha value is -1.26. The maximum absolute atomic E-state index is 6.71. The summed E-state index contributed by atoms with van der Waals surface area (Å²) in [6.07, 6.45) is 8.34. The lowest BCUT2D eigenvalue weighted by Crippen LogP contribution is -2.52. The molecule has 126 valence electrons. The Bertz CT molecular complexity index is 525. The molecule has 0 N–H and O–H groups in total. The van der Waals surface area contributed by atoms with Crippen LogP contribution in [0.3, 0.4) is 0 Å². The van der Waals surface area contributed by atoms with Gasteiger partial charge in [-0.1, -0.05) is 43.2 Å². The molecule has 1 aliphatic heterocycles. The fourth-order valence-corrected chi connectivity index (χ4v) is 6.53. The van der Waals surface area contributed by atoms with E-state index in [0.717, 1.165) is 18.5 Å². The van der Waals surface area contributed by atoms with Gasteiger partial charge < -0.3 is 13.6 Å². The van der Waals surface area contributed by atoms with Gasteiger partial charge in [-0.25, -0.2) is 0 Å². The molecule has 2 fully saturated rings. The van der Waals surface area contributed by atoms with Crippen LogP contribution in [-0.2, 0) is 13.6 Å². The summed E-state index contributed by atoms with van der Waals surface area (Å²) in [5.74, 6) is 1.14. The molecule has 1 aromatic rings. The van der Waals surface area contributed by atoms with Gasteiger partial charge in [0.1, 0.15) is 0 Å². The molecule has 0 bridgehead atoms. The standard InChI is InChI=1S/C19H28O3Si/c1-3-19(20-2)22-23(14-9-15-23)21-18-13-8-7-12-17(18)16-10-5-4-6-11-16/h3-6,10-11,17-18H,7-9,12-15H2,1-2H3/b19-3+/t17-,18+/m0/s1. The van der Waals surface area contributed by atoms with Gasteiger partial charge in [0.25, 0.3) is 5.95 Å². The predicted molar refractivity (Wildman–Crippen MR) is 94.4 cm³/mol. The first kappa shape index (κ1) is 16.6. The largest absolute Gasteiger partial charge is 0.494 e. The van der Waals surface area contributed by atoms with Gasteiger partial charge >= 0.3 is 8.56 Å². The third-order valence-corrected chi connectivity index (χ3v) is 8.67. The van der Waals surface area contributed by atoms with Crippen molar-refractivity contribution in [2.75, 3.05) is 7.11 Å². The average molecular weight is 333 g/mol. The summed E-state index contributed by atoms with van der Waals surface area (Å²) in [6.45, 7) is 1.95. The first-order valence-electron chi connectivity index (χ1n) is 8.88. The van der Waals surface area contributed by atoms with Crippen molar-refractivity contribution in [3.05, 3.63) is 47.9 Å². The summed E-state index contributed by atoms with van der Waals surface area (Å²) < 4.78 is 18.3. The third kappa shape index (κ3) is 3.81. The molecular weight excluding hydrogens is 304 g/mol. The zero-order valence-corrected chi connectivity index (χ0v) is 15.3. The van der Waals surface area contributed by atoms with E-state index in [4.69, 9.17) is 13.6 Å². The van der Waals surface area contributed by atoms with E-state index in [2.05, 4.69) is 30.3 Å². The van der Waals surface area contributed by atoms with E-state index in [0.29, 0.717) is 18.0 Å². The van der Waals surface area contributed by atoms with Crippen molar-refractivity contribution in [2.45, 2.75) is 63.1 Å². The molecule has 1 heterocycles. The van der Waals surface area contributed by atoms with Gasteiger partial charge in [0.2, 0.25) is 0 Å². The molecule has 2 atom stereocenters. The van der Waals surface area contributed by atoms with Crippen molar-refractivity contribution < 1.29 is 13.6 Å². The van der Waals surface area contributed by atoms with E-state index in [9.17, 15) is 0 Å². The van der Waals surface area contributed by atoms with E-state index in [1.807, 2.05) is 13.0 Å². The Morgan fingerprint density at radius 3 is 2.43 bits per heavy atom. The minimum Gasteiger partial charge on any atom is -0.494 e. The summed E-state index contributed by atoms with van der Waals surface area (Å²) in [4.78, 5) is 0. The highest BCUT2D eigenvalue weighted by molar-refractivity contribution is 6.70. The quantitative estimate of drug-likeness (QED) is 0.536. The van der Waals surface area contributed by atoms with Crippen molar-refractivity contribution >= 4 is 8.56 Å². The molecule has 2 aliphatic rings. The lowest BCUT2D eigenvalue weighted by Gasteiger charge is -2.43. The minimum absolute atomic E-state index is 0.299.